The van der Waals surface area contributed by atoms with Crippen molar-refractivity contribution >= 4 is 17.5 Å². The molecular formula is C29H34O5. The van der Waals surface area contributed by atoms with Gasteiger partial charge in [0.15, 0.2) is 5.78 Å². The minimum Gasteiger partial charge on any atom is -0.497 e. The molecule has 180 valence electrons. The van der Waals surface area contributed by atoms with Crippen LogP contribution in [0.5, 0.6) is 5.75 Å². The average molecular weight is 463 g/mol. The van der Waals surface area contributed by atoms with Gasteiger partial charge in [-0.3, -0.25) is 9.59 Å². The molecule has 4 aliphatic rings. The fourth-order valence-electron chi connectivity index (χ4n) is 7.80. The summed E-state index contributed by atoms with van der Waals surface area (Å²) in [7, 11) is 1.59. The van der Waals surface area contributed by atoms with Crippen LogP contribution in [0.1, 0.15) is 63.2 Å². The molecule has 0 amide bonds. The van der Waals surface area contributed by atoms with Crippen LogP contribution < -0.4 is 4.74 Å². The molecule has 0 aliphatic heterocycles. The van der Waals surface area contributed by atoms with Gasteiger partial charge in [-0.25, -0.2) is 4.79 Å². The highest BCUT2D eigenvalue weighted by Crippen LogP contribution is 2.65. The molecule has 0 N–H and O–H groups in total. The van der Waals surface area contributed by atoms with E-state index in [0.29, 0.717) is 30.1 Å². The molecule has 4 aliphatic carbocycles. The van der Waals surface area contributed by atoms with Crippen LogP contribution in [0, 0.1) is 34.5 Å². The molecule has 0 radical (unpaired) electrons. The van der Waals surface area contributed by atoms with Crippen LogP contribution in [0.2, 0.25) is 0 Å². The van der Waals surface area contributed by atoms with Crippen molar-refractivity contribution in [2.75, 3.05) is 7.11 Å². The molecule has 0 aromatic heterocycles. The summed E-state index contributed by atoms with van der Waals surface area (Å²) in [6.07, 6.45) is 9.71. The van der Waals surface area contributed by atoms with Crippen molar-refractivity contribution in [1.82, 2.24) is 0 Å². The Morgan fingerprint density at radius 1 is 1.09 bits per heavy atom. The van der Waals surface area contributed by atoms with Gasteiger partial charge >= 0.3 is 5.97 Å². The highest BCUT2D eigenvalue weighted by Gasteiger charge is 2.62. The highest BCUT2D eigenvalue weighted by atomic mass is 16.5. The third-order valence-corrected chi connectivity index (χ3v) is 9.51. The number of carbonyl (C=O) groups is 3. The lowest BCUT2D eigenvalue weighted by Gasteiger charge is -2.58. The van der Waals surface area contributed by atoms with Crippen LogP contribution in [0.15, 0.2) is 48.1 Å². The lowest BCUT2D eigenvalue weighted by molar-refractivity contribution is -0.135. The summed E-state index contributed by atoms with van der Waals surface area (Å²) in [6.45, 7) is 6.17. The summed E-state index contributed by atoms with van der Waals surface area (Å²) in [5.41, 5.74) is 1.11. The van der Waals surface area contributed by atoms with Crippen LogP contribution in [0.4, 0.5) is 0 Å². The lowest BCUT2D eigenvalue weighted by Crippen LogP contribution is -2.56. The SMILES string of the molecule is COc1ccc(C(=O)O[C@H]2C[C@]3(C)[C@@H](C(C)=O)CC[C@H]3[C@@H]3C=CC4=CC(=O)CC[C@@]4(C)[C@@H]32)cc1. The van der Waals surface area contributed by atoms with Gasteiger partial charge in [0.05, 0.1) is 12.7 Å². The molecule has 2 saturated carbocycles. The molecule has 34 heavy (non-hydrogen) atoms. The second-order valence-corrected chi connectivity index (χ2v) is 11.2. The Kier molecular flexibility index (Phi) is 5.57. The van der Waals surface area contributed by atoms with Crippen molar-refractivity contribution < 1.29 is 23.9 Å². The average Bonchev–Trinajstić information content (AvgIpc) is 3.16. The van der Waals surface area contributed by atoms with E-state index in [1.54, 1.807) is 44.4 Å². The van der Waals surface area contributed by atoms with Crippen LogP contribution in [-0.2, 0) is 14.3 Å². The first-order valence-electron chi connectivity index (χ1n) is 12.5. The van der Waals surface area contributed by atoms with Crippen molar-refractivity contribution in [2.45, 2.75) is 59.0 Å². The van der Waals surface area contributed by atoms with Gasteiger partial charge in [0.25, 0.3) is 0 Å². The maximum Gasteiger partial charge on any atom is 0.338 e. The number of ketones is 2. The van der Waals surface area contributed by atoms with E-state index in [1.807, 2.05) is 0 Å². The summed E-state index contributed by atoms with van der Waals surface area (Å²) in [5.74, 6) is 1.41. The van der Waals surface area contributed by atoms with Gasteiger partial charge < -0.3 is 9.47 Å². The zero-order chi connectivity index (χ0) is 24.3. The van der Waals surface area contributed by atoms with Gasteiger partial charge in [-0.15, -0.1) is 0 Å². The number of rotatable bonds is 4. The fourth-order valence-corrected chi connectivity index (χ4v) is 7.80. The van der Waals surface area contributed by atoms with Crippen LogP contribution >= 0.6 is 0 Å². The number of ether oxygens (including phenoxy) is 2. The molecule has 5 nitrogen and oxygen atoms in total. The molecule has 0 saturated heterocycles. The summed E-state index contributed by atoms with van der Waals surface area (Å²) >= 11 is 0. The third kappa shape index (κ3) is 3.47. The summed E-state index contributed by atoms with van der Waals surface area (Å²) in [6, 6.07) is 6.98. The maximum atomic E-state index is 13.3. The van der Waals surface area contributed by atoms with Gasteiger partial charge in [-0.05, 0) is 91.2 Å². The van der Waals surface area contributed by atoms with E-state index < -0.39 is 0 Å². The van der Waals surface area contributed by atoms with E-state index in [4.69, 9.17) is 9.47 Å². The normalized spacial score (nSPS) is 38.3. The van der Waals surface area contributed by atoms with Crippen molar-refractivity contribution in [3.63, 3.8) is 0 Å². The van der Waals surface area contributed by atoms with Crippen molar-refractivity contribution in [3.8, 4) is 5.75 Å². The van der Waals surface area contributed by atoms with E-state index in [2.05, 4.69) is 26.0 Å². The van der Waals surface area contributed by atoms with Crippen LogP contribution in [-0.4, -0.2) is 30.7 Å². The quantitative estimate of drug-likeness (QED) is 0.565. The molecule has 1 aromatic rings. The fraction of sp³-hybridized carbons (Fsp3) is 0.552. The summed E-state index contributed by atoms with van der Waals surface area (Å²) in [5, 5.41) is 0. The van der Waals surface area contributed by atoms with Crippen molar-refractivity contribution in [3.05, 3.63) is 53.6 Å². The predicted octanol–water partition coefficient (Wildman–Crippen LogP) is 5.34. The number of hydrogen-bond acceptors (Lipinski definition) is 5. The highest BCUT2D eigenvalue weighted by molar-refractivity contribution is 5.92. The molecule has 0 heterocycles. The first-order chi connectivity index (χ1) is 16.2. The van der Waals surface area contributed by atoms with E-state index in [1.165, 1.54) is 0 Å². The summed E-state index contributed by atoms with van der Waals surface area (Å²) in [4.78, 5) is 38.1. The minimum absolute atomic E-state index is 0.00767. The monoisotopic (exact) mass is 462 g/mol. The third-order valence-electron chi connectivity index (χ3n) is 9.51. The first-order valence-corrected chi connectivity index (χ1v) is 12.5. The smallest absolute Gasteiger partial charge is 0.338 e. The zero-order valence-electron chi connectivity index (χ0n) is 20.5. The molecule has 0 spiro atoms. The molecule has 5 rings (SSSR count). The van der Waals surface area contributed by atoms with Crippen molar-refractivity contribution in [2.24, 2.45) is 34.5 Å². The first kappa shape index (κ1) is 23.1. The zero-order valence-corrected chi connectivity index (χ0v) is 20.5. The number of hydrogen-bond donors (Lipinski definition) is 0. The van der Waals surface area contributed by atoms with Gasteiger partial charge in [0, 0.05) is 18.3 Å². The maximum absolute atomic E-state index is 13.3. The Morgan fingerprint density at radius 2 is 1.82 bits per heavy atom. The molecule has 2 fully saturated rings. The van der Waals surface area contributed by atoms with Gasteiger partial charge in [-0.2, -0.15) is 0 Å². The predicted molar refractivity (Wildman–Crippen MR) is 128 cm³/mol. The number of carbonyl (C=O) groups excluding carboxylic acids is 3. The molecular weight excluding hydrogens is 428 g/mol. The molecule has 0 unspecified atom stereocenters. The molecule has 0 bridgehead atoms. The molecule has 5 heteroatoms. The second-order valence-electron chi connectivity index (χ2n) is 11.2. The van der Waals surface area contributed by atoms with Crippen LogP contribution in [0.25, 0.3) is 0 Å². The van der Waals surface area contributed by atoms with Gasteiger partial charge in [-0.1, -0.05) is 26.0 Å². The van der Waals surface area contributed by atoms with E-state index in [-0.39, 0.29) is 52.2 Å². The number of allylic oxidation sites excluding steroid dienone is 4. The molecule has 7 atom stereocenters. The van der Waals surface area contributed by atoms with Gasteiger partial charge in [0.1, 0.15) is 17.6 Å². The number of fused-ring (bicyclic) bond motifs is 5. The lowest BCUT2D eigenvalue weighted by atomic mass is 9.47. The number of Topliss-reactive ketones (excluding diaryl/α,β-unsaturated/α-hetero) is 1. The van der Waals surface area contributed by atoms with E-state index in [0.717, 1.165) is 24.8 Å². The van der Waals surface area contributed by atoms with Crippen LogP contribution in [0.3, 0.4) is 0 Å². The Balaban J connectivity index is 1.54. The number of methoxy groups -OCH3 is 1. The topological polar surface area (TPSA) is 69.7 Å². The Labute approximate surface area is 201 Å². The minimum atomic E-state index is -0.346. The van der Waals surface area contributed by atoms with Gasteiger partial charge in [0.2, 0.25) is 0 Å². The van der Waals surface area contributed by atoms with E-state index in [9.17, 15) is 14.4 Å². The Bertz CT molecular complexity index is 1080. The summed E-state index contributed by atoms with van der Waals surface area (Å²) < 4.78 is 11.5. The number of esters is 1. The van der Waals surface area contributed by atoms with E-state index >= 15 is 0 Å². The largest absolute Gasteiger partial charge is 0.497 e. The Morgan fingerprint density at radius 3 is 2.50 bits per heavy atom. The number of benzene rings is 1. The Hall–Kier alpha value is -2.69. The second kappa shape index (κ2) is 8.21. The standard InChI is InChI=1S/C29H34O5/c1-17(30)23-11-12-24-22-10-7-19-15-20(31)13-14-28(19,2)26(22)25(16-29(23,24)3)34-27(32)18-5-8-21(33-4)9-6-18/h5-10,15,22-26H,11-14,16H2,1-4H3/t22-,23+,24-,25-,26-,28+,29+/m0/s1. The molecule has 1 aromatic carbocycles. The van der Waals surface area contributed by atoms with Crippen molar-refractivity contribution in [1.29, 1.82) is 0 Å².